The summed E-state index contributed by atoms with van der Waals surface area (Å²) in [5, 5.41) is 0.574. The number of rotatable bonds is 8. The molecule has 2 unspecified atom stereocenters. The fraction of sp³-hybridized carbons (Fsp3) is 0.455. The number of anilines is 1. The predicted octanol–water partition coefficient (Wildman–Crippen LogP) is 0.617. The maximum absolute atomic E-state index is 11.8. The highest BCUT2D eigenvalue weighted by Gasteiger charge is 2.42. The van der Waals surface area contributed by atoms with Crippen LogP contribution in [0.3, 0.4) is 0 Å². The van der Waals surface area contributed by atoms with Crippen LogP contribution in [0, 0.1) is 0 Å². The van der Waals surface area contributed by atoms with E-state index in [9.17, 15) is 18.6 Å². The average Bonchev–Trinajstić information content (AvgIpc) is 3.13. The molecule has 1 aliphatic heterocycles. The molecule has 16 nitrogen and oxygen atoms in total. The van der Waals surface area contributed by atoms with Gasteiger partial charge in [-0.3, -0.25) is 4.52 Å². The minimum Gasteiger partial charge on any atom is -0.383 e. The lowest BCUT2D eigenvalue weighted by Crippen LogP contribution is -2.18. The fourth-order valence-electron chi connectivity index (χ4n) is 2.63. The van der Waals surface area contributed by atoms with Gasteiger partial charge in [-0.1, -0.05) is 0 Å². The zero-order valence-corrected chi connectivity index (χ0v) is 17.7. The zero-order chi connectivity index (χ0) is 22.3. The number of hydrogen-bond acceptors (Lipinski definition) is 11. The molecule has 1 aliphatic rings. The first-order valence-corrected chi connectivity index (χ1v) is 12.4. The third kappa shape index (κ3) is 5.71. The first-order chi connectivity index (χ1) is 13.8. The molecule has 0 saturated carbocycles. The Bertz CT molecular complexity index is 1070. The average molecular weight is 490 g/mol. The van der Waals surface area contributed by atoms with Gasteiger partial charge in [-0.2, -0.15) is 8.62 Å². The second kappa shape index (κ2) is 8.36. The van der Waals surface area contributed by atoms with Crippen molar-refractivity contribution in [2.24, 2.45) is 0 Å². The van der Waals surface area contributed by atoms with E-state index in [-0.39, 0.29) is 5.82 Å². The third-order valence-electron chi connectivity index (χ3n) is 3.66. The number of ether oxygens (including phenoxy) is 2. The topological polar surface area (TPSA) is 235 Å². The molecule has 19 heteroatoms. The highest BCUT2D eigenvalue weighted by atomic mass is 31.3. The minimum absolute atomic E-state index is 0.259. The van der Waals surface area contributed by atoms with Crippen molar-refractivity contribution in [3.05, 3.63) is 18.6 Å². The normalized spacial score (nSPS) is 26.5. The SMILES string of the molecule is C[C@@H]1O[C@@H](COP(=O)(O)OP(=O)(O)OP(=O)(O)O)O[C@H]1n1ccc2c(N)ncnc21. The predicted molar refractivity (Wildman–Crippen MR) is 96.2 cm³/mol. The Morgan fingerprint density at radius 3 is 2.50 bits per heavy atom. The molecular weight excluding hydrogens is 473 g/mol. The van der Waals surface area contributed by atoms with Crippen molar-refractivity contribution in [2.75, 3.05) is 12.3 Å². The Balaban J connectivity index is 1.63. The van der Waals surface area contributed by atoms with Gasteiger partial charge in [0.1, 0.15) is 30.5 Å². The molecule has 0 spiro atoms. The molecule has 6 N–H and O–H groups in total. The van der Waals surface area contributed by atoms with E-state index in [1.165, 1.54) is 6.33 Å². The van der Waals surface area contributed by atoms with Crippen molar-refractivity contribution < 1.29 is 55.9 Å². The summed E-state index contributed by atoms with van der Waals surface area (Å²) in [7, 11) is -16.4. The third-order valence-corrected chi connectivity index (χ3v) is 7.47. The summed E-state index contributed by atoms with van der Waals surface area (Å²) < 4.78 is 58.1. The van der Waals surface area contributed by atoms with E-state index in [0.717, 1.165) is 0 Å². The van der Waals surface area contributed by atoms with Gasteiger partial charge in [-0.25, -0.2) is 23.7 Å². The molecule has 2 aromatic heterocycles. The summed E-state index contributed by atoms with van der Waals surface area (Å²) in [4.78, 5) is 43.6. The number of phosphoric acid groups is 3. The van der Waals surface area contributed by atoms with Crippen molar-refractivity contribution in [3.8, 4) is 0 Å². The standard InChI is InChI=1S/C11H17N4O12P3/c1-6-11(15-3-2-7-9(12)13-5-14-10(7)15)25-8(24-6)4-23-29(19,20)27-30(21,22)26-28(16,17)18/h2-3,5-6,8,11H,4H2,1H3,(H,19,20)(H,21,22)(H2,12,13,14)(H2,16,17,18)/t6-,8+,11+/m0/s1. The quantitative estimate of drug-likeness (QED) is 0.319. The van der Waals surface area contributed by atoms with Crippen molar-refractivity contribution in [2.45, 2.75) is 25.5 Å². The van der Waals surface area contributed by atoms with E-state index in [1.807, 2.05) is 0 Å². The van der Waals surface area contributed by atoms with Gasteiger partial charge in [0.05, 0.1) is 5.39 Å². The van der Waals surface area contributed by atoms with Gasteiger partial charge in [0.2, 0.25) is 0 Å². The van der Waals surface area contributed by atoms with Crippen LogP contribution in [0.4, 0.5) is 5.82 Å². The first-order valence-electron chi connectivity index (χ1n) is 7.93. The van der Waals surface area contributed by atoms with E-state index < -0.39 is 48.7 Å². The van der Waals surface area contributed by atoms with Gasteiger partial charge in [0.25, 0.3) is 0 Å². The van der Waals surface area contributed by atoms with Crippen LogP contribution in [0.25, 0.3) is 11.0 Å². The lowest BCUT2D eigenvalue weighted by Gasteiger charge is -2.18. The molecular formula is C11H17N4O12P3. The monoisotopic (exact) mass is 490 g/mol. The molecule has 0 bridgehead atoms. The molecule has 2 aromatic rings. The summed E-state index contributed by atoms with van der Waals surface area (Å²) in [5.41, 5.74) is 6.24. The number of phosphoric ester groups is 1. The number of nitrogen functional groups attached to an aromatic ring is 1. The van der Waals surface area contributed by atoms with Crippen molar-refractivity contribution >= 4 is 40.3 Å². The maximum atomic E-state index is 11.8. The zero-order valence-electron chi connectivity index (χ0n) is 15.0. The van der Waals surface area contributed by atoms with E-state index in [0.29, 0.717) is 11.0 Å². The van der Waals surface area contributed by atoms with E-state index in [1.54, 1.807) is 23.8 Å². The van der Waals surface area contributed by atoms with Crippen LogP contribution in [-0.2, 0) is 36.3 Å². The van der Waals surface area contributed by atoms with Crippen molar-refractivity contribution in [1.82, 2.24) is 14.5 Å². The summed E-state index contributed by atoms with van der Waals surface area (Å²) in [6.45, 7) is 0.909. The molecule has 168 valence electrons. The van der Waals surface area contributed by atoms with Gasteiger partial charge < -0.3 is 39.3 Å². The molecule has 5 atom stereocenters. The largest absolute Gasteiger partial charge is 0.490 e. The summed E-state index contributed by atoms with van der Waals surface area (Å²) in [6.07, 6.45) is 0.385. The molecule has 3 rings (SSSR count). The maximum Gasteiger partial charge on any atom is 0.490 e. The van der Waals surface area contributed by atoms with Gasteiger partial charge in [0, 0.05) is 6.20 Å². The summed E-state index contributed by atoms with van der Waals surface area (Å²) >= 11 is 0. The minimum atomic E-state index is -5.61. The molecule has 3 heterocycles. The van der Waals surface area contributed by atoms with Crippen LogP contribution in [0.5, 0.6) is 0 Å². The number of fused-ring (bicyclic) bond motifs is 1. The van der Waals surface area contributed by atoms with E-state index in [4.69, 9.17) is 29.9 Å². The molecule has 0 amide bonds. The number of aromatic nitrogens is 3. The Hall–Kier alpha value is -1.25. The molecule has 1 fully saturated rings. The van der Waals surface area contributed by atoms with Gasteiger partial charge in [-0.05, 0) is 13.0 Å². The second-order valence-corrected chi connectivity index (χ2v) is 10.3. The van der Waals surface area contributed by atoms with Gasteiger partial charge in [-0.15, -0.1) is 0 Å². The molecule has 0 aliphatic carbocycles. The van der Waals surface area contributed by atoms with Crippen molar-refractivity contribution in [3.63, 3.8) is 0 Å². The highest BCUT2D eigenvalue weighted by molar-refractivity contribution is 7.66. The highest BCUT2D eigenvalue weighted by Crippen LogP contribution is 2.66. The van der Waals surface area contributed by atoms with E-state index >= 15 is 0 Å². The van der Waals surface area contributed by atoms with Crippen LogP contribution in [0.1, 0.15) is 13.2 Å². The van der Waals surface area contributed by atoms with Crippen LogP contribution in [0.2, 0.25) is 0 Å². The van der Waals surface area contributed by atoms with Crippen LogP contribution in [0.15, 0.2) is 18.6 Å². The fourth-order valence-corrected chi connectivity index (χ4v) is 5.63. The molecule has 1 saturated heterocycles. The Morgan fingerprint density at radius 1 is 1.13 bits per heavy atom. The summed E-state index contributed by atoms with van der Waals surface area (Å²) in [5.74, 6) is 0.259. The van der Waals surface area contributed by atoms with E-state index in [2.05, 4.69) is 23.1 Å². The van der Waals surface area contributed by atoms with Gasteiger partial charge in [0.15, 0.2) is 12.5 Å². The smallest absolute Gasteiger partial charge is 0.383 e. The summed E-state index contributed by atoms with van der Waals surface area (Å²) in [6, 6.07) is 1.67. The molecule has 0 radical (unpaired) electrons. The van der Waals surface area contributed by atoms with Crippen LogP contribution in [-0.4, -0.2) is 53.1 Å². The number of hydrogen-bond donors (Lipinski definition) is 5. The lowest BCUT2D eigenvalue weighted by molar-refractivity contribution is -0.0994. The Kier molecular flexibility index (Phi) is 6.52. The first kappa shape index (κ1) is 23.4. The van der Waals surface area contributed by atoms with Crippen LogP contribution < -0.4 is 5.73 Å². The molecule has 0 aromatic carbocycles. The Morgan fingerprint density at radius 2 is 1.83 bits per heavy atom. The lowest BCUT2D eigenvalue weighted by atomic mass is 10.3. The second-order valence-electron chi connectivity index (χ2n) is 5.90. The molecule has 30 heavy (non-hydrogen) atoms. The van der Waals surface area contributed by atoms with Crippen LogP contribution >= 0.6 is 23.5 Å². The number of nitrogens with zero attached hydrogens (tertiary/aromatic N) is 3. The Labute approximate surface area is 168 Å². The van der Waals surface area contributed by atoms with Crippen molar-refractivity contribution in [1.29, 1.82) is 0 Å². The number of nitrogens with two attached hydrogens (primary N) is 1. The van der Waals surface area contributed by atoms with Gasteiger partial charge >= 0.3 is 23.5 Å².